The van der Waals surface area contributed by atoms with Crippen LogP contribution in [0.1, 0.15) is 17.0 Å². The van der Waals surface area contributed by atoms with Crippen molar-refractivity contribution in [2.45, 2.75) is 12.3 Å². The van der Waals surface area contributed by atoms with Gasteiger partial charge in [-0.25, -0.2) is 4.39 Å². The average Bonchev–Trinajstić information content (AvgIpc) is 2.39. The highest BCUT2D eigenvalue weighted by Gasteiger charge is 2.20. The number of phenolic OH excluding ortho intramolecular Hbond substituents is 1. The van der Waals surface area contributed by atoms with Crippen LogP contribution in [0.2, 0.25) is 0 Å². The molecule has 0 aromatic heterocycles. The van der Waals surface area contributed by atoms with Crippen molar-refractivity contribution in [1.29, 1.82) is 0 Å². The van der Waals surface area contributed by atoms with Gasteiger partial charge in [0.25, 0.3) is 0 Å². The number of phenols is 1. The van der Waals surface area contributed by atoms with E-state index in [2.05, 4.69) is 0 Å². The van der Waals surface area contributed by atoms with Crippen LogP contribution in [-0.4, -0.2) is 16.2 Å². The third-order valence-corrected chi connectivity index (χ3v) is 2.95. The zero-order valence-corrected chi connectivity index (χ0v) is 10.1. The van der Waals surface area contributed by atoms with Crippen molar-refractivity contribution in [3.05, 3.63) is 65.5 Å². The minimum atomic E-state index is -0.959. The Morgan fingerprint density at radius 2 is 1.63 bits per heavy atom. The molecule has 1 atom stereocenters. The summed E-state index contributed by atoms with van der Waals surface area (Å²) in [4.78, 5) is 11.3. The molecule has 0 saturated carbocycles. The van der Waals surface area contributed by atoms with E-state index in [-0.39, 0.29) is 5.75 Å². The van der Waals surface area contributed by atoms with E-state index < -0.39 is 17.7 Å². The predicted octanol–water partition coefficient (Wildman–Crippen LogP) is 2.94. The number of carboxylic acids is 1. The van der Waals surface area contributed by atoms with Crippen LogP contribution in [0.5, 0.6) is 5.75 Å². The van der Waals surface area contributed by atoms with Crippen LogP contribution in [-0.2, 0) is 11.2 Å². The quantitative estimate of drug-likeness (QED) is 0.888. The van der Waals surface area contributed by atoms with Gasteiger partial charge >= 0.3 is 5.97 Å². The van der Waals surface area contributed by atoms with Gasteiger partial charge < -0.3 is 10.2 Å². The number of benzene rings is 2. The summed E-state index contributed by atoms with van der Waals surface area (Å²) in [6.07, 6.45) is 0.293. The Bertz CT molecular complexity index is 561. The minimum Gasteiger partial charge on any atom is -0.508 e. The standard InChI is InChI=1S/C15H13FO3/c16-12-5-3-11(4-6-12)14(15(18)19)9-10-1-7-13(17)8-2-10/h1-8,14,17H,9H2,(H,18,19). The molecule has 0 aliphatic rings. The summed E-state index contributed by atoms with van der Waals surface area (Å²) in [5.41, 5.74) is 1.36. The van der Waals surface area contributed by atoms with Crippen molar-refractivity contribution in [2.24, 2.45) is 0 Å². The molecule has 3 nitrogen and oxygen atoms in total. The number of hydrogen-bond acceptors (Lipinski definition) is 2. The second kappa shape index (κ2) is 5.52. The average molecular weight is 260 g/mol. The maximum absolute atomic E-state index is 12.8. The van der Waals surface area contributed by atoms with Crippen molar-refractivity contribution < 1.29 is 19.4 Å². The van der Waals surface area contributed by atoms with Crippen molar-refractivity contribution in [1.82, 2.24) is 0 Å². The molecule has 0 aliphatic heterocycles. The fraction of sp³-hybridized carbons (Fsp3) is 0.133. The van der Waals surface area contributed by atoms with E-state index in [0.29, 0.717) is 12.0 Å². The van der Waals surface area contributed by atoms with E-state index >= 15 is 0 Å². The molecule has 2 rings (SSSR count). The Hall–Kier alpha value is -2.36. The van der Waals surface area contributed by atoms with Crippen LogP contribution in [0.3, 0.4) is 0 Å². The number of carboxylic acid groups (broad SMARTS) is 1. The second-order valence-electron chi connectivity index (χ2n) is 4.31. The largest absolute Gasteiger partial charge is 0.508 e. The lowest BCUT2D eigenvalue weighted by Crippen LogP contribution is -2.14. The Morgan fingerprint density at radius 1 is 1.05 bits per heavy atom. The second-order valence-corrected chi connectivity index (χ2v) is 4.31. The molecule has 0 amide bonds. The smallest absolute Gasteiger partial charge is 0.311 e. The van der Waals surface area contributed by atoms with Gasteiger partial charge in [-0.1, -0.05) is 24.3 Å². The lowest BCUT2D eigenvalue weighted by Gasteiger charge is -2.13. The Morgan fingerprint density at radius 3 is 2.16 bits per heavy atom. The highest BCUT2D eigenvalue weighted by Crippen LogP contribution is 2.22. The fourth-order valence-corrected chi connectivity index (χ4v) is 1.91. The van der Waals surface area contributed by atoms with Crippen LogP contribution in [0.15, 0.2) is 48.5 Å². The van der Waals surface area contributed by atoms with Gasteiger partial charge in [0.15, 0.2) is 0 Å². The topological polar surface area (TPSA) is 57.5 Å². The number of aliphatic carboxylic acids is 1. The third-order valence-electron chi connectivity index (χ3n) is 2.95. The molecule has 0 radical (unpaired) electrons. The molecule has 0 spiro atoms. The molecule has 98 valence electrons. The molecule has 0 heterocycles. The van der Waals surface area contributed by atoms with Gasteiger partial charge in [-0.15, -0.1) is 0 Å². The zero-order chi connectivity index (χ0) is 13.8. The molecule has 0 aliphatic carbocycles. The van der Waals surface area contributed by atoms with Gasteiger partial charge in [-0.05, 0) is 41.8 Å². The van der Waals surface area contributed by atoms with Crippen LogP contribution < -0.4 is 0 Å². The van der Waals surface area contributed by atoms with Crippen molar-refractivity contribution in [2.75, 3.05) is 0 Å². The van der Waals surface area contributed by atoms with Crippen LogP contribution in [0, 0.1) is 5.82 Å². The summed E-state index contributed by atoms with van der Waals surface area (Å²) in [6.45, 7) is 0. The van der Waals surface area contributed by atoms with E-state index in [1.165, 1.54) is 36.4 Å². The molecule has 2 N–H and O–H groups in total. The summed E-state index contributed by atoms with van der Waals surface area (Å²) in [7, 11) is 0. The van der Waals surface area contributed by atoms with Gasteiger partial charge in [0.2, 0.25) is 0 Å². The van der Waals surface area contributed by atoms with E-state index in [0.717, 1.165) is 5.56 Å². The highest BCUT2D eigenvalue weighted by atomic mass is 19.1. The Kier molecular flexibility index (Phi) is 3.80. The molecule has 19 heavy (non-hydrogen) atoms. The summed E-state index contributed by atoms with van der Waals surface area (Å²) in [5, 5.41) is 18.5. The Labute approximate surface area is 109 Å². The Balaban J connectivity index is 2.23. The first-order chi connectivity index (χ1) is 9.06. The SMILES string of the molecule is O=C(O)C(Cc1ccc(O)cc1)c1ccc(F)cc1. The molecular formula is C15H13FO3. The summed E-state index contributed by atoms with van der Waals surface area (Å²) in [6, 6.07) is 11.8. The van der Waals surface area contributed by atoms with Crippen molar-refractivity contribution >= 4 is 5.97 Å². The van der Waals surface area contributed by atoms with E-state index in [1.54, 1.807) is 12.1 Å². The van der Waals surface area contributed by atoms with Crippen LogP contribution in [0.25, 0.3) is 0 Å². The molecule has 2 aromatic carbocycles. The molecule has 0 bridgehead atoms. The van der Waals surface area contributed by atoms with Gasteiger partial charge in [0.1, 0.15) is 11.6 Å². The maximum Gasteiger partial charge on any atom is 0.311 e. The van der Waals surface area contributed by atoms with Gasteiger partial charge in [0, 0.05) is 0 Å². The maximum atomic E-state index is 12.8. The first-order valence-electron chi connectivity index (χ1n) is 5.82. The number of aromatic hydroxyl groups is 1. The zero-order valence-electron chi connectivity index (χ0n) is 10.1. The monoisotopic (exact) mass is 260 g/mol. The van der Waals surface area contributed by atoms with E-state index in [9.17, 15) is 19.4 Å². The number of halogens is 1. The number of hydrogen-bond donors (Lipinski definition) is 2. The van der Waals surface area contributed by atoms with Gasteiger partial charge in [-0.3, -0.25) is 4.79 Å². The lowest BCUT2D eigenvalue weighted by atomic mass is 9.92. The first-order valence-corrected chi connectivity index (χ1v) is 5.82. The molecule has 1 unspecified atom stereocenters. The molecule has 4 heteroatoms. The molecular weight excluding hydrogens is 247 g/mol. The summed E-state index contributed by atoms with van der Waals surface area (Å²) in [5.74, 6) is -1.94. The number of carbonyl (C=O) groups is 1. The molecule has 2 aromatic rings. The lowest BCUT2D eigenvalue weighted by molar-refractivity contribution is -0.138. The predicted molar refractivity (Wildman–Crippen MR) is 68.6 cm³/mol. The van der Waals surface area contributed by atoms with Crippen LogP contribution >= 0.6 is 0 Å². The van der Waals surface area contributed by atoms with Gasteiger partial charge in [0.05, 0.1) is 5.92 Å². The fourth-order valence-electron chi connectivity index (χ4n) is 1.91. The summed E-state index contributed by atoms with van der Waals surface area (Å²) >= 11 is 0. The van der Waals surface area contributed by atoms with E-state index in [1.807, 2.05) is 0 Å². The molecule has 0 saturated heterocycles. The van der Waals surface area contributed by atoms with Gasteiger partial charge in [-0.2, -0.15) is 0 Å². The first kappa shape index (κ1) is 13.1. The normalized spacial score (nSPS) is 12.1. The van der Waals surface area contributed by atoms with E-state index in [4.69, 9.17) is 0 Å². The van der Waals surface area contributed by atoms with Crippen LogP contribution in [0.4, 0.5) is 4.39 Å². The summed E-state index contributed by atoms with van der Waals surface area (Å²) < 4.78 is 12.8. The highest BCUT2D eigenvalue weighted by molar-refractivity contribution is 5.76. The van der Waals surface area contributed by atoms with Crippen molar-refractivity contribution in [3.63, 3.8) is 0 Å². The number of rotatable bonds is 4. The minimum absolute atomic E-state index is 0.136. The van der Waals surface area contributed by atoms with Crippen molar-refractivity contribution in [3.8, 4) is 5.75 Å². The third kappa shape index (κ3) is 3.31. The molecule has 0 fully saturated rings.